The average molecular weight is 445 g/mol. The number of piperidine rings is 1. The minimum atomic E-state index is -0.452. The Morgan fingerprint density at radius 3 is 2.88 bits per heavy atom. The Bertz CT molecular complexity index is 872. The molecule has 0 aliphatic carbocycles. The SMILES string of the molecule is CCOC(=O)CC1CCCCN1C(=O)CCC1(Cc2ccc3c(c2)OCO3)CCC(=O)N1. The fraction of sp³-hybridized carbons (Fsp3) is 0.625. The van der Waals surface area contributed by atoms with Crippen LogP contribution in [0.15, 0.2) is 18.2 Å². The second kappa shape index (κ2) is 9.79. The van der Waals surface area contributed by atoms with Gasteiger partial charge in [0.1, 0.15) is 0 Å². The normalized spacial score (nSPS) is 24.3. The van der Waals surface area contributed by atoms with Gasteiger partial charge >= 0.3 is 5.97 Å². The highest BCUT2D eigenvalue weighted by molar-refractivity contribution is 5.81. The highest BCUT2D eigenvalue weighted by Crippen LogP contribution is 2.36. The van der Waals surface area contributed by atoms with E-state index in [0.29, 0.717) is 51.0 Å². The van der Waals surface area contributed by atoms with E-state index in [1.165, 1.54) is 0 Å². The summed E-state index contributed by atoms with van der Waals surface area (Å²) < 4.78 is 16.0. The first-order valence-electron chi connectivity index (χ1n) is 11.6. The Morgan fingerprint density at radius 2 is 2.09 bits per heavy atom. The largest absolute Gasteiger partial charge is 0.466 e. The first-order valence-corrected chi connectivity index (χ1v) is 11.6. The number of likely N-dealkylation sites (tertiary alicyclic amines) is 1. The Kier molecular flexibility index (Phi) is 6.86. The minimum absolute atomic E-state index is 0.0244. The lowest BCUT2D eigenvalue weighted by Gasteiger charge is -2.36. The van der Waals surface area contributed by atoms with Crippen molar-refractivity contribution in [3.05, 3.63) is 23.8 Å². The molecule has 0 aromatic heterocycles. The van der Waals surface area contributed by atoms with Gasteiger partial charge in [-0.3, -0.25) is 14.4 Å². The van der Waals surface area contributed by atoms with Crippen LogP contribution in [0.2, 0.25) is 0 Å². The fourth-order valence-corrected chi connectivity index (χ4v) is 5.07. The van der Waals surface area contributed by atoms with E-state index >= 15 is 0 Å². The van der Waals surface area contributed by atoms with E-state index in [4.69, 9.17) is 14.2 Å². The molecule has 2 atom stereocenters. The molecule has 8 heteroatoms. The van der Waals surface area contributed by atoms with Crippen LogP contribution < -0.4 is 14.8 Å². The fourth-order valence-electron chi connectivity index (χ4n) is 5.07. The number of nitrogens with one attached hydrogen (secondary N) is 1. The van der Waals surface area contributed by atoms with E-state index in [0.717, 1.165) is 30.6 Å². The summed E-state index contributed by atoms with van der Waals surface area (Å²) >= 11 is 0. The summed E-state index contributed by atoms with van der Waals surface area (Å²) in [6.45, 7) is 3.03. The maximum absolute atomic E-state index is 13.2. The molecular weight excluding hydrogens is 412 g/mol. The van der Waals surface area contributed by atoms with Crippen molar-refractivity contribution < 1.29 is 28.6 Å². The van der Waals surface area contributed by atoms with Crippen molar-refractivity contribution in [2.45, 2.75) is 76.3 Å². The average Bonchev–Trinajstić information content (AvgIpc) is 3.39. The Labute approximate surface area is 188 Å². The molecule has 0 bridgehead atoms. The molecule has 0 saturated carbocycles. The van der Waals surface area contributed by atoms with Gasteiger partial charge in [0, 0.05) is 31.0 Å². The first kappa shape index (κ1) is 22.4. The van der Waals surface area contributed by atoms with Crippen molar-refractivity contribution in [2.75, 3.05) is 19.9 Å². The molecule has 2 unspecified atom stereocenters. The number of ether oxygens (including phenoxy) is 3. The molecule has 2 fully saturated rings. The van der Waals surface area contributed by atoms with Crippen LogP contribution in [-0.2, 0) is 25.5 Å². The molecule has 3 aliphatic heterocycles. The Morgan fingerprint density at radius 1 is 1.25 bits per heavy atom. The van der Waals surface area contributed by atoms with Crippen LogP contribution >= 0.6 is 0 Å². The van der Waals surface area contributed by atoms with Crippen LogP contribution in [0.1, 0.15) is 63.9 Å². The van der Waals surface area contributed by atoms with Crippen LogP contribution in [0.5, 0.6) is 11.5 Å². The minimum Gasteiger partial charge on any atom is -0.466 e. The lowest BCUT2D eigenvalue weighted by Crippen LogP contribution is -2.47. The van der Waals surface area contributed by atoms with Crippen LogP contribution in [-0.4, -0.2) is 54.2 Å². The second-order valence-corrected chi connectivity index (χ2v) is 8.94. The third-order valence-electron chi connectivity index (χ3n) is 6.69. The van der Waals surface area contributed by atoms with Crippen molar-refractivity contribution >= 4 is 17.8 Å². The molecule has 32 heavy (non-hydrogen) atoms. The molecule has 2 saturated heterocycles. The number of rotatable bonds is 8. The molecule has 0 spiro atoms. The number of fused-ring (bicyclic) bond motifs is 1. The number of carbonyl (C=O) groups excluding carboxylic acids is 3. The topological polar surface area (TPSA) is 94.2 Å². The number of carbonyl (C=O) groups is 3. The number of benzene rings is 1. The highest BCUT2D eigenvalue weighted by atomic mass is 16.7. The Balaban J connectivity index is 1.41. The van der Waals surface area contributed by atoms with Crippen LogP contribution in [0.3, 0.4) is 0 Å². The van der Waals surface area contributed by atoms with E-state index in [-0.39, 0.29) is 37.0 Å². The third-order valence-corrected chi connectivity index (χ3v) is 6.69. The van der Waals surface area contributed by atoms with E-state index in [1.54, 1.807) is 6.92 Å². The maximum Gasteiger partial charge on any atom is 0.307 e. The number of esters is 1. The van der Waals surface area contributed by atoms with Gasteiger partial charge < -0.3 is 24.4 Å². The number of amides is 2. The highest BCUT2D eigenvalue weighted by Gasteiger charge is 2.39. The molecular formula is C24H32N2O6. The van der Waals surface area contributed by atoms with Gasteiger partial charge in [-0.25, -0.2) is 0 Å². The molecule has 4 rings (SSSR count). The van der Waals surface area contributed by atoms with Gasteiger partial charge in [-0.05, 0) is 63.1 Å². The van der Waals surface area contributed by atoms with Gasteiger partial charge in [0.15, 0.2) is 11.5 Å². The van der Waals surface area contributed by atoms with Gasteiger partial charge in [0.2, 0.25) is 18.6 Å². The van der Waals surface area contributed by atoms with Crippen LogP contribution in [0.4, 0.5) is 0 Å². The molecule has 2 amide bonds. The summed E-state index contributed by atoms with van der Waals surface area (Å²) in [5.74, 6) is 1.26. The van der Waals surface area contributed by atoms with Gasteiger partial charge in [-0.2, -0.15) is 0 Å². The number of hydrogen-bond acceptors (Lipinski definition) is 6. The molecule has 3 aliphatic rings. The predicted octanol–water partition coefficient (Wildman–Crippen LogP) is 2.72. The van der Waals surface area contributed by atoms with E-state index in [2.05, 4.69) is 5.32 Å². The molecule has 1 aromatic rings. The number of nitrogens with zero attached hydrogens (tertiary/aromatic N) is 1. The molecule has 1 aromatic carbocycles. The lowest BCUT2D eigenvalue weighted by atomic mass is 9.84. The second-order valence-electron chi connectivity index (χ2n) is 8.94. The van der Waals surface area contributed by atoms with Crippen LogP contribution in [0.25, 0.3) is 0 Å². The maximum atomic E-state index is 13.2. The van der Waals surface area contributed by atoms with Crippen LogP contribution in [0, 0.1) is 0 Å². The quantitative estimate of drug-likeness (QED) is 0.620. The van der Waals surface area contributed by atoms with Crippen molar-refractivity contribution in [1.82, 2.24) is 10.2 Å². The van der Waals surface area contributed by atoms with E-state index in [1.807, 2.05) is 23.1 Å². The lowest BCUT2D eigenvalue weighted by molar-refractivity contribution is -0.146. The van der Waals surface area contributed by atoms with Gasteiger partial charge in [0.05, 0.1) is 13.0 Å². The molecule has 8 nitrogen and oxygen atoms in total. The van der Waals surface area contributed by atoms with Crippen molar-refractivity contribution in [1.29, 1.82) is 0 Å². The van der Waals surface area contributed by atoms with Gasteiger partial charge in [-0.15, -0.1) is 0 Å². The first-order chi connectivity index (χ1) is 15.5. The smallest absolute Gasteiger partial charge is 0.307 e. The third kappa shape index (κ3) is 5.16. The summed E-state index contributed by atoms with van der Waals surface area (Å²) in [5, 5.41) is 3.15. The summed E-state index contributed by atoms with van der Waals surface area (Å²) in [5.41, 5.74) is 0.592. The van der Waals surface area contributed by atoms with Crippen molar-refractivity contribution in [2.24, 2.45) is 0 Å². The summed E-state index contributed by atoms with van der Waals surface area (Å²) in [4.78, 5) is 39.1. The standard InChI is InChI=1S/C24H32N2O6/c1-2-30-23(29)14-18-5-3-4-12-26(18)22(28)9-11-24(10-8-21(27)25-24)15-17-6-7-19-20(13-17)32-16-31-19/h6-7,13,18H,2-5,8-12,14-16H2,1H3,(H,25,27). The van der Waals surface area contributed by atoms with Crippen molar-refractivity contribution in [3.8, 4) is 11.5 Å². The van der Waals surface area contributed by atoms with E-state index < -0.39 is 5.54 Å². The van der Waals surface area contributed by atoms with E-state index in [9.17, 15) is 14.4 Å². The Hall–Kier alpha value is -2.77. The zero-order chi connectivity index (χ0) is 22.6. The summed E-state index contributed by atoms with van der Waals surface area (Å²) in [6.07, 6.45) is 5.73. The summed E-state index contributed by atoms with van der Waals surface area (Å²) in [6, 6.07) is 5.73. The molecule has 174 valence electrons. The van der Waals surface area contributed by atoms with Gasteiger partial charge in [0.25, 0.3) is 0 Å². The predicted molar refractivity (Wildman–Crippen MR) is 116 cm³/mol. The molecule has 1 N–H and O–H groups in total. The van der Waals surface area contributed by atoms with Crippen molar-refractivity contribution in [3.63, 3.8) is 0 Å². The number of hydrogen-bond donors (Lipinski definition) is 1. The monoisotopic (exact) mass is 444 g/mol. The van der Waals surface area contributed by atoms with Gasteiger partial charge in [-0.1, -0.05) is 6.07 Å². The zero-order valence-electron chi connectivity index (χ0n) is 18.7. The zero-order valence-corrected chi connectivity index (χ0v) is 18.7. The summed E-state index contributed by atoms with van der Waals surface area (Å²) in [7, 11) is 0. The molecule has 0 radical (unpaired) electrons. The molecule has 3 heterocycles.